The predicted octanol–water partition coefficient (Wildman–Crippen LogP) is 3.05. The van der Waals surface area contributed by atoms with Crippen molar-refractivity contribution in [1.82, 2.24) is 15.0 Å². The van der Waals surface area contributed by atoms with E-state index in [1.807, 2.05) is 0 Å². The number of hydrogen-bond acceptors (Lipinski definition) is 7. The van der Waals surface area contributed by atoms with E-state index in [2.05, 4.69) is 15.6 Å². The minimum atomic E-state index is -4.31. The Morgan fingerprint density at radius 1 is 1.21 bits per heavy atom. The summed E-state index contributed by atoms with van der Waals surface area (Å²) in [6.07, 6.45) is 1.69. The van der Waals surface area contributed by atoms with E-state index in [4.69, 9.17) is 9.47 Å². The Morgan fingerprint density at radius 2 is 1.85 bits per heavy atom. The van der Waals surface area contributed by atoms with E-state index in [0.29, 0.717) is 0 Å². The van der Waals surface area contributed by atoms with Gasteiger partial charge in [-0.3, -0.25) is 4.79 Å². The number of hydrogen-bond donors (Lipinski definition) is 3. The van der Waals surface area contributed by atoms with E-state index in [-0.39, 0.29) is 17.5 Å². The van der Waals surface area contributed by atoms with Crippen molar-refractivity contribution >= 4 is 27.8 Å². The maximum absolute atomic E-state index is 13.1. The molecule has 1 aromatic rings. The smallest absolute Gasteiger partial charge is 0.408 e. The molecule has 2 rings (SSSR count). The Morgan fingerprint density at radius 3 is 2.41 bits per heavy atom. The van der Waals surface area contributed by atoms with Crippen LogP contribution in [0.1, 0.15) is 52.9 Å². The number of sulfonamides is 1. The highest BCUT2D eigenvalue weighted by Gasteiger charge is 2.33. The van der Waals surface area contributed by atoms with Crippen molar-refractivity contribution in [2.24, 2.45) is 5.92 Å². The molecule has 0 aromatic carbocycles. The first-order chi connectivity index (χ1) is 15.8. The fraction of sp³-hybridized carbons (Fsp3) is 0.667. The van der Waals surface area contributed by atoms with Crippen LogP contribution in [0.15, 0.2) is 17.2 Å². The standard InChI is InChI=1S/C21H32F2N4O6S/c1-21(2,3)33-20(29)27-18(13-8-6-5-7-9-13)19(28)26-17-10-14(32-4)15(11-24-17)34(30,31)25-12-16(22)23/h10-11,13,16,18,25H,5-9,12H2,1-4H3,(H,27,29)(H,24,26,28)/t18-/m0/s1. The summed E-state index contributed by atoms with van der Waals surface area (Å²) in [4.78, 5) is 28.9. The topological polar surface area (TPSA) is 136 Å². The number of carbonyl (C=O) groups is 2. The number of rotatable bonds is 9. The molecular formula is C21H32F2N4O6S. The van der Waals surface area contributed by atoms with Gasteiger partial charge < -0.3 is 20.1 Å². The zero-order valence-corrected chi connectivity index (χ0v) is 20.5. The highest BCUT2D eigenvalue weighted by Crippen LogP contribution is 2.29. The molecule has 1 heterocycles. The Labute approximate surface area is 198 Å². The molecule has 0 radical (unpaired) electrons. The maximum Gasteiger partial charge on any atom is 0.408 e. The quantitative estimate of drug-likeness (QED) is 0.468. The molecule has 1 saturated carbocycles. The molecule has 0 aliphatic heterocycles. The number of alkyl halides is 2. The van der Waals surface area contributed by atoms with Crippen molar-refractivity contribution in [2.45, 2.75) is 75.8 Å². The average molecular weight is 507 g/mol. The van der Waals surface area contributed by atoms with Crippen LogP contribution in [-0.2, 0) is 19.6 Å². The zero-order chi connectivity index (χ0) is 25.5. The summed E-state index contributed by atoms with van der Waals surface area (Å²) in [7, 11) is -3.12. The van der Waals surface area contributed by atoms with Gasteiger partial charge in [0.1, 0.15) is 28.1 Å². The summed E-state index contributed by atoms with van der Waals surface area (Å²) in [6, 6.07) is 0.277. The van der Waals surface area contributed by atoms with Crippen LogP contribution in [0.25, 0.3) is 0 Å². The second kappa shape index (κ2) is 11.7. The van der Waals surface area contributed by atoms with Gasteiger partial charge >= 0.3 is 6.09 Å². The summed E-state index contributed by atoms with van der Waals surface area (Å²) in [5.74, 6) is -0.872. The normalized spacial score (nSPS) is 16.1. The van der Waals surface area contributed by atoms with Gasteiger partial charge in [-0.1, -0.05) is 19.3 Å². The number of amides is 2. The highest BCUT2D eigenvalue weighted by atomic mass is 32.2. The second-order valence-corrected chi connectivity index (χ2v) is 10.7. The number of ether oxygens (including phenoxy) is 2. The highest BCUT2D eigenvalue weighted by molar-refractivity contribution is 7.89. The van der Waals surface area contributed by atoms with Gasteiger partial charge in [-0.25, -0.2) is 31.7 Å². The fourth-order valence-electron chi connectivity index (χ4n) is 3.61. The molecule has 0 bridgehead atoms. The molecule has 0 saturated heterocycles. The average Bonchev–Trinajstić information content (AvgIpc) is 2.75. The van der Waals surface area contributed by atoms with Gasteiger partial charge in [-0.2, -0.15) is 0 Å². The van der Waals surface area contributed by atoms with Gasteiger partial charge in [0.15, 0.2) is 0 Å². The van der Waals surface area contributed by atoms with Crippen molar-refractivity contribution in [1.29, 1.82) is 0 Å². The largest absolute Gasteiger partial charge is 0.495 e. The fourth-order valence-corrected chi connectivity index (χ4v) is 4.71. The first-order valence-electron chi connectivity index (χ1n) is 10.9. The lowest BCUT2D eigenvalue weighted by atomic mass is 9.83. The third-order valence-electron chi connectivity index (χ3n) is 5.10. The lowest BCUT2D eigenvalue weighted by Crippen LogP contribution is -2.50. The van der Waals surface area contributed by atoms with Crippen LogP contribution in [0.5, 0.6) is 5.75 Å². The van der Waals surface area contributed by atoms with Crippen LogP contribution < -0.4 is 20.1 Å². The Kier molecular flexibility index (Phi) is 9.56. The van der Waals surface area contributed by atoms with Crippen LogP contribution in [0.3, 0.4) is 0 Å². The third-order valence-corrected chi connectivity index (χ3v) is 6.53. The molecule has 3 N–H and O–H groups in total. The Bertz CT molecular complexity index is 963. The van der Waals surface area contributed by atoms with E-state index >= 15 is 0 Å². The van der Waals surface area contributed by atoms with Crippen LogP contribution >= 0.6 is 0 Å². The molecule has 1 atom stereocenters. The number of anilines is 1. The number of nitrogens with zero attached hydrogens (tertiary/aromatic N) is 1. The summed E-state index contributed by atoms with van der Waals surface area (Å²) >= 11 is 0. The predicted molar refractivity (Wildman–Crippen MR) is 120 cm³/mol. The number of carbonyl (C=O) groups excluding carboxylic acids is 2. The molecule has 34 heavy (non-hydrogen) atoms. The van der Waals surface area contributed by atoms with Gasteiger partial charge in [0.05, 0.1) is 19.9 Å². The molecule has 2 amide bonds. The maximum atomic E-state index is 13.1. The second-order valence-electron chi connectivity index (χ2n) is 8.97. The first kappa shape index (κ1) is 27.7. The first-order valence-corrected chi connectivity index (χ1v) is 12.4. The van der Waals surface area contributed by atoms with Gasteiger partial charge in [-0.05, 0) is 39.5 Å². The molecule has 10 nitrogen and oxygen atoms in total. The van der Waals surface area contributed by atoms with Gasteiger partial charge in [0.25, 0.3) is 6.43 Å². The number of aromatic nitrogens is 1. The zero-order valence-electron chi connectivity index (χ0n) is 19.7. The molecule has 1 fully saturated rings. The number of alkyl carbamates (subject to hydrolysis) is 1. The lowest BCUT2D eigenvalue weighted by molar-refractivity contribution is -0.119. The van der Waals surface area contributed by atoms with Crippen molar-refractivity contribution in [3.8, 4) is 5.75 Å². The number of halogens is 2. The minimum Gasteiger partial charge on any atom is -0.495 e. The van der Waals surface area contributed by atoms with Crippen molar-refractivity contribution in [3.05, 3.63) is 12.3 Å². The summed E-state index contributed by atoms with van der Waals surface area (Å²) in [6.45, 7) is 4.07. The SMILES string of the molecule is COc1cc(NC(=O)[C@@H](NC(=O)OC(C)(C)C)C2CCCCC2)ncc1S(=O)(=O)NCC(F)F. The molecule has 1 aliphatic rings. The number of nitrogens with one attached hydrogen (secondary N) is 3. The van der Waals surface area contributed by atoms with Gasteiger partial charge in [0, 0.05) is 6.07 Å². The van der Waals surface area contributed by atoms with Crippen LogP contribution in [0.4, 0.5) is 19.4 Å². The Hall–Kier alpha value is -2.54. The van der Waals surface area contributed by atoms with Crippen LogP contribution in [0, 0.1) is 5.92 Å². The van der Waals surface area contributed by atoms with E-state index in [0.717, 1.165) is 38.3 Å². The summed E-state index contributed by atoms with van der Waals surface area (Å²) < 4.78 is 61.5. The van der Waals surface area contributed by atoms with Crippen LogP contribution in [0.2, 0.25) is 0 Å². The molecule has 192 valence electrons. The summed E-state index contributed by atoms with van der Waals surface area (Å²) in [5, 5.41) is 5.22. The monoisotopic (exact) mass is 506 g/mol. The molecule has 13 heteroatoms. The molecule has 0 spiro atoms. The van der Waals surface area contributed by atoms with Gasteiger partial charge in [-0.15, -0.1) is 0 Å². The van der Waals surface area contributed by atoms with Crippen molar-refractivity contribution < 1.29 is 36.3 Å². The summed E-state index contributed by atoms with van der Waals surface area (Å²) in [5.41, 5.74) is -0.744. The molecule has 0 unspecified atom stereocenters. The number of methoxy groups -OCH3 is 1. The minimum absolute atomic E-state index is 0.0264. The van der Waals surface area contributed by atoms with E-state index in [1.165, 1.54) is 13.2 Å². The molecule has 1 aromatic heterocycles. The van der Waals surface area contributed by atoms with Crippen molar-refractivity contribution in [3.63, 3.8) is 0 Å². The number of pyridine rings is 1. The third kappa shape index (κ3) is 8.35. The molecule has 1 aliphatic carbocycles. The van der Waals surface area contributed by atoms with E-state index in [1.54, 1.807) is 25.5 Å². The van der Waals surface area contributed by atoms with E-state index < -0.39 is 51.5 Å². The van der Waals surface area contributed by atoms with Gasteiger partial charge in [0.2, 0.25) is 15.9 Å². The lowest BCUT2D eigenvalue weighted by Gasteiger charge is -2.30. The Balaban J connectivity index is 2.22. The van der Waals surface area contributed by atoms with Crippen LogP contribution in [-0.4, -0.2) is 57.1 Å². The molecular weight excluding hydrogens is 474 g/mol. The van der Waals surface area contributed by atoms with E-state index in [9.17, 15) is 26.8 Å². The van der Waals surface area contributed by atoms with Crippen molar-refractivity contribution in [2.75, 3.05) is 19.0 Å².